The normalized spacial score (nSPS) is 16.4. The van der Waals surface area contributed by atoms with Crippen LogP contribution in [0.4, 0.5) is 0 Å². The quantitative estimate of drug-likeness (QED) is 0.659. The van der Waals surface area contributed by atoms with Crippen LogP contribution in [0.2, 0.25) is 0 Å². The molecule has 0 amide bonds. The summed E-state index contributed by atoms with van der Waals surface area (Å²) in [5.41, 5.74) is 7.48. The highest BCUT2D eigenvalue weighted by atomic mass is 16.4. The first-order valence-electron chi connectivity index (χ1n) is 9.68. The van der Waals surface area contributed by atoms with E-state index in [-0.39, 0.29) is 6.61 Å². The van der Waals surface area contributed by atoms with Gasteiger partial charge in [0.05, 0.1) is 6.54 Å². The van der Waals surface area contributed by atoms with Gasteiger partial charge in [-0.2, -0.15) is 0 Å². The van der Waals surface area contributed by atoms with Gasteiger partial charge in [-0.15, -0.1) is 0 Å². The molecule has 1 saturated heterocycles. The van der Waals surface area contributed by atoms with E-state index in [1.54, 1.807) is 6.20 Å². The minimum absolute atomic E-state index is 0.0862. The Bertz CT molecular complexity index is 880. The second kappa shape index (κ2) is 8.21. The van der Waals surface area contributed by atoms with E-state index in [0.717, 1.165) is 55.3 Å². The predicted molar refractivity (Wildman–Crippen MR) is 103 cm³/mol. The third kappa shape index (κ3) is 4.05. The maximum atomic E-state index is 9.24. The smallest absolute Gasteiger partial charge is 0.160 e. The van der Waals surface area contributed by atoms with Gasteiger partial charge in [0.2, 0.25) is 0 Å². The number of hydrogen-bond acceptors (Lipinski definition) is 6. The number of nitrogens with zero attached hydrogens (tertiary/aromatic N) is 4. The minimum Gasteiger partial charge on any atom is -0.462 e. The second-order valence-electron chi connectivity index (χ2n) is 7.26. The van der Waals surface area contributed by atoms with Gasteiger partial charge in [-0.05, 0) is 56.1 Å². The predicted octanol–water partition coefficient (Wildman–Crippen LogP) is 1.78. The number of pyridine rings is 1. The lowest BCUT2D eigenvalue weighted by atomic mass is 9.93. The highest BCUT2D eigenvalue weighted by Crippen LogP contribution is 2.24. The summed E-state index contributed by atoms with van der Waals surface area (Å²) in [6.07, 6.45) is 5.09. The molecule has 4 heterocycles. The Hall–Kier alpha value is -2.22. The molecule has 27 heavy (non-hydrogen) atoms. The Kier molecular flexibility index (Phi) is 5.52. The topological polar surface area (TPSA) is 93.3 Å². The lowest BCUT2D eigenvalue weighted by Gasteiger charge is -2.31. The van der Waals surface area contributed by atoms with E-state index in [2.05, 4.69) is 14.5 Å². The number of rotatable bonds is 7. The molecule has 0 spiro atoms. The Morgan fingerprint density at radius 2 is 2.00 bits per heavy atom. The van der Waals surface area contributed by atoms with Gasteiger partial charge in [-0.3, -0.25) is 0 Å². The molecule has 0 radical (unpaired) electrons. The average molecular weight is 369 g/mol. The first-order chi connectivity index (χ1) is 13.3. The van der Waals surface area contributed by atoms with Crippen LogP contribution in [0.1, 0.15) is 30.2 Å². The van der Waals surface area contributed by atoms with E-state index >= 15 is 0 Å². The van der Waals surface area contributed by atoms with Gasteiger partial charge in [-0.25, -0.2) is 9.97 Å². The molecule has 0 atom stereocenters. The van der Waals surface area contributed by atoms with Crippen LogP contribution in [0.15, 0.2) is 34.9 Å². The van der Waals surface area contributed by atoms with Crippen molar-refractivity contribution >= 4 is 11.2 Å². The van der Waals surface area contributed by atoms with Crippen LogP contribution in [0, 0.1) is 5.92 Å². The highest BCUT2D eigenvalue weighted by Gasteiger charge is 2.22. The number of imidazole rings is 1. The summed E-state index contributed by atoms with van der Waals surface area (Å²) >= 11 is 0. The molecular weight excluding hydrogens is 342 g/mol. The van der Waals surface area contributed by atoms with E-state index in [0.29, 0.717) is 18.2 Å². The summed E-state index contributed by atoms with van der Waals surface area (Å²) in [5, 5.41) is 9.24. The first kappa shape index (κ1) is 18.2. The molecule has 7 heteroatoms. The fraction of sp³-hybridized carbons (Fsp3) is 0.500. The van der Waals surface area contributed by atoms with Gasteiger partial charge in [0, 0.05) is 25.7 Å². The first-order valence-corrected chi connectivity index (χ1v) is 9.68. The highest BCUT2D eigenvalue weighted by molar-refractivity contribution is 5.71. The van der Waals surface area contributed by atoms with Crippen LogP contribution in [-0.4, -0.2) is 50.7 Å². The van der Waals surface area contributed by atoms with Crippen molar-refractivity contribution in [1.29, 1.82) is 0 Å². The van der Waals surface area contributed by atoms with Crippen molar-refractivity contribution in [2.45, 2.75) is 32.4 Å². The Labute approximate surface area is 158 Å². The Morgan fingerprint density at radius 1 is 1.19 bits per heavy atom. The number of aromatic nitrogens is 3. The van der Waals surface area contributed by atoms with E-state index in [9.17, 15) is 5.11 Å². The SMILES string of the molecule is NCCN1CCC(Cc2nc3cccnc3n2Cc2ccc(CO)o2)CC1. The Morgan fingerprint density at radius 3 is 2.74 bits per heavy atom. The Balaban J connectivity index is 1.55. The number of nitrogens with two attached hydrogens (primary N) is 1. The third-order valence-electron chi connectivity index (χ3n) is 5.39. The molecule has 0 saturated carbocycles. The molecule has 1 aliphatic rings. The van der Waals surface area contributed by atoms with Gasteiger partial charge < -0.3 is 24.7 Å². The fourth-order valence-electron chi connectivity index (χ4n) is 3.93. The van der Waals surface area contributed by atoms with Crippen molar-refractivity contribution in [2.75, 3.05) is 26.2 Å². The maximum Gasteiger partial charge on any atom is 0.160 e. The van der Waals surface area contributed by atoms with Crippen LogP contribution in [-0.2, 0) is 19.6 Å². The monoisotopic (exact) mass is 369 g/mol. The van der Waals surface area contributed by atoms with Crippen molar-refractivity contribution in [1.82, 2.24) is 19.4 Å². The van der Waals surface area contributed by atoms with Crippen LogP contribution in [0.5, 0.6) is 0 Å². The van der Waals surface area contributed by atoms with Crippen molar-refractivity contribution in [3.63, 3.8) is 0 Å². The molecule has 0 unspecified atom stereocenters. The molecule has 144 valence electrons. The zero-order valence-electron chi connectivity index (χ0n) is 15.5. The van der Waals surface area contributed by atoms with Gasteiger partial charge in [0.1, 0.15) is 29.5 Å². The van der Waals surface area contributed by atoms with E-state index in [4.69, 9.17) is 15.1 Å². The largest absolute Gasteiger partial charge is 0.462 e. The molecule has 0 aliphatic carbocycles. The maximum absolute atomic E-state index is 9.24. The zero-order valence-corrected chi connectivity index (χ0v) is 15.5. The lowest BCUT2D eigenvalue weighted by Crippen LogP contribution is -2.37. The summed E-state index contributed by atoms with van der Waals surface area (Å²) in [6.45, 7) is 4.43. The molecular formula is C20H27N5O2. The van der Waals surface area contributed by atoms with Crippen molar-refractivity contribution in [3.8, 4) is 0 Å². The molecule has 0 aromatic carbocycles. The number of piperidine rings is 1. The number of aliphatic hydroxyl groups is 1. The zero-order chi connectivity index (χ0) is 18.6. The van der Waals surface area contributed by atoms with Gasteiger partial charge >= 0.3 is 0 Å². The van der Waals surface area contributed by atoms with Crippen molar-refractivity contribution < 1.29 is 9.52 Å². The third-order valence-corrected chi connectivity index (χ3v) is 5.39. The van der Waals surface area contributed by atoms with E-state index < -0.39 is 0 Å². The molecule has 0 bridgehead atoms. The fourth-order valence-corrected chi connectivity index (χ4v) is 3.93. The van der Waals surface area contributed by atoms with Crippen LogP contribution in [0.3, 0.4) is 0 Å². The second-order valence-corrected chi connectivity index (χ2v) is 7.26. The molecule has 4 rings (SSSR count). The van der Waals surface area contributed by atoms with Gasteiger partial charge in [0.25, 0.3) is 0 Å². The van der Waals surface area contributed by atoms with Crippen LogP contribution in [0.25, 0.3) is 11.2 Å². The molecule has 3 aromatic rings. The summed E-state index contributed by atoms with van der Waals surface area (Å²) in [7, 11) is 0. The molecule has 1 fully saturated rings. The summed E-state index contributed by atoms with van der Waals surface area (Å²) in [6, 6.07) is 7.66. The van der Waals surface area contributed by atoms with Gasteiger partial charge in [0.15, 0.2) is 5.65 Å². The summed E-state index contributed by atoms with van der Waals surface area (Å²) in [4.78, 5) is 11.8. The summed E-state index contributed by atoms with van der Waals surface area (Å²) < 4.78 is 7.85. The number of furan rings is 1. The number of likely N-dealkylation sites (tertiary alicyclic amines) is 1. The van der Waals surface area contributed by atoms with Gasteiger partial charge in [-0.1, -0.05) is 0 Å². The lowest BCUT2D eigenvalue weighted by molar-refractivity contribution is 0.186. The number of fused-ring (bicyclic) bond motifs is 1. The number of hydrogen-bond donors (Lipinski definition) is 2. The van der Waals surface area contributed by atoms with Crippen molar-refractivity contribution in [3.05, 3.63) is 47.8 Å². The van der Waals surface area contributed by atoms with Crippen LogP contribution >= 0.6 is 0 Å². The van der Waals surface area contributed by atoms with E-state index in [1.807, 2.05) is 24.3 Å². The van der Waals surface area contributed by atoms with Crippen molar-refractivity contribution in [2.24, 2.45) is 11.7 Å². The molecule has 1 aliphatic heterocycles. The van der Waals surface area contributed by atoms with E-state index in [1.165, 1.54) is 12.8 Å². The molecule has 3 N–H and O–H groups in total. The summed E-state index contributed by atoms with van der Waals surface area (Å²) in [5.74, 6) is 3.07. The molecule has 3 aromatic heterocycles. The van der Waals surface area contributed by atoms with Crippen LogP contribution < -0.4 is 5.73 Å². The minimum atomic E-state index is -0.0862. The standard InChI is InChI=1S/C20H27N5O2/c21-7-11-24-9-5-15(6-10-24)12-19-23-18-2-1-8-22-20(18)25(19)13-16-3-4-17(14-26)27-16/h1-4,8,15,26H,5-7,9-14,21H2. The average Bonchev–Trinajstić information content (AvgIpc) is 3.29. The number of aliphatic hydroxyl groups excluding tert-OH is 1. The molecule has 7 nitrogen and oxygen atoms in total.